The van der Waals surface area contributed by atoms with Gasteiger partial charge in [-0.15, -0.1) is 11.3 Å². The summed E-state index contributed by atoms with van der Waals surface area (Å²) in [6, 6.07) is 3.30. The van der Waals surface area contributed by atoms with Gasteiger partial charge in [-0.05, 0) is 31.9 Å². The number of anilines is 1. The first-order valence-electron chi connectivity index (χ1n) is 7.14. The van der Waals surface area contributed by atoms with Gasteiger partial charge in [0.25, 0.3) is 5.91 Å². The van der Waals surface area contributed by atoms with Crippen molar-refractivity contribution in [1.82, 2.24) is 15.1 Å². The monoisotopic (exact) mass is 322 g/mol. The van der Waals surface area contributed by atoms with Crippen molar-refractivity contribution in [3.05, 3.63) is 17.0 Å². The molecular formula is C14H18N4O3S. The molecule has 0 unspecified atom stereocenters. The lowest BCUT2D eigenvalue weighted by atomic mass is 9.87. The first kappa shape index (κ1) is 14.8. The van der Waals surface area contributed by atoms with Crippen molar-refractivity contribution < 1.29 is 14.4 Å². The molecule has 0 aromatic carbocycles. The maximum absolute atomic E-state index is 12.2. The van der Waals surface area contributed by atoms with Crippen LogP contribution in [0.5, 0.6) is 0 Å². The van der Waals surface area contributed by atoms with Crippen molar-refractivity contribution >= 4 is 34.3 Å². The summed E-state index contributed by atoms with van der Waals surface area (Å²) in [6.07, 6.45) is 0.887. The van der Waals surface area contributed by atoms with Crippen molar-refractivity contribution in [3.8, 4) is 0 Å². The van der Waals surface area contributed by atoms with E-state index >= 15 is 0 Å². The Labute approximate surface area is 132 Å². The number of likely N-dealkylation sites (N-methyl/N-ethyl adjacent to an activating group) is 1. The Morgan fingerprint density at radius 3 is 2.50 bits per heavy atom. The van der Waals surface area contributed by atoms with E-state index in [0.717, 1.165) is 14.8 Å². The summed E-state index contributed by atoms with van der Waals surface area (Å²) in [4.78, 5) is 40.0. The normalized spacial score (nSPS) is 20.5. The number of nitrogens with zero attached hydrogens (tertiary/aromatic N) is 2. The maximum atomic E-state index is 12.2. The molecule has 3 rings (SSSR count). The number of piperidine rings is 1. The summed E-state index contributed by atoms with van der Waals surface area (Å²) < 4.78 is 0. The van der Waals surface area contributed by atoms with Crippen molar-refractivity contribution in [3.63, 3.8) is 0 Å². The molecule has 0 aliphatic carbocycles. The fourth-order valence-corrected chi connectivity index (χ4v) is 3.63. The second-order valence-electron chi connectivity index (χ2n) is 5.70. The van der Waals surface area contributed by atoms with E-state index in [4.69, 9.17) is 0 Å². The van der Waals surface area contributed by atoms with E-state index < -0.39 is 5.54 Å². The number of urea groups is 2. The Balaban J connectivity index is 1.61. The number of hydrogen-bond acceptors (Lipinski definition) is 4. The summed E-state index contributed by atoms with van der Waals surface area (Å²) >= 11 is 1.52. The predicted molar refractivity (Wildman–Crippen MR) is 82.9 cm³/mol. The van der Waals surface area contributed by atoms with Gasteiger partial charge >= 0.3 is 12.1 Å². The van der Waals surface area contributed by atoms with Gasteiger partial charge in [-0.1, -0.05) is 0 Å². The summed E-state index contributed by atoms with van der Waals surface area (Å²) in [5, 5.41) is 6.44. The molecule has 118 valence electrons. The number of thiophene rings is 1. The van der Waals surface area contributed by atoms with Crippen LogP contribution in [0.1, 0.15) is 17.7 Å². The van der Waals surface area contributed by atoms with Crippen LogP contribution in [0.15, 0.2) is 12.1 Å². The SMILES string of the molecule is Cc1ccc(NC(=O)N2CCC3(CC2)NC(=O)N(C)C3=O)s1. The van der Waals surface area contributed by atoms with Gasteiger partial charge in [0, 0.05) is 25.0 Å². The van der Waals surface area contributed by atoms with Gasteiger partial charge in [-0.2, -0.15) is 0 Å². The van der Waals surface area contributed by atoms with Crippen LogP contribution in [0.25, 0.3) is 0 Å². The minimum absolute atomic E-state index is 0.165. The molecule has 0 radical (unpaired) electrons. The predicted octanol–water partition coefficient (Wildman–Crippen LogP) is 1.60. The minimum atomic E-state index is -0.831. The third-order valence-electron chi connectivity index (χ3n) is 4.24. The maximum Gasteiger partial charge on any atom is 0.324 e. The van der Waals surface area contributed by atoms with Gasteiger partial charge in [0.15, 0.2) is 0 Å². The van der Waals surface area contributed by atoms with E-state index in [0.29, 0.717) is 25.9 Å². The molecule has 1 aromatic heterocycles. The Kier molecular flexibility index (Phi) is 3.56. The number of rotatable bonds is 1. The Morgan fingerprint density at radius 2 is 2.00 bits per heavy atom. The molecule has 5 amide bonds. The summed E-state index contributed by atoms with van der Waals surface area (Å²) in [5.41, 5.74) is -0.831. The molecule has 0 bridgehead atoms. The number of imide groups is 1. The lowest BCUT2D eigenvalue weighted by Gasteiger charge is -2.37. The van der Waals surface area contributed by atoms with Crippen LogP contribution >= 0.6 is 11.3 Å². The Hall–Kier alpha value is -2.09. The van der Waals surface area contributed by atoms with Crippen molar-refractivity contribution in [1.29, 1.82) is 0 Å². The lowest BCUT2D eigenvalue weighted by Crippen LogP contribution is -2.56. The van der Waals surface area contributed by atoms with Gasteiger partial charge in [0.1, 0.15) is 5.54 Å². The molecule has 0 saturated carbocycles. The largest absolute Gasteiger partial charge is 0.324 e. The van der Waals surface area contributed by atoms with Crippen LogP contribution in [0.3, 0.4) is 0 Å². The van der Waals surface area contributed by atoms with E-state index in [1.54, 1.807) is 4.90 Å². The zero-order valence-electron chi connectivity index (χ0n) is 12.5. The highest BCUT2D eigenvalue weighted by atomic mass is 32.1. The van der Waals surface area contributed by atoms with Gasteiger partial charge < -0.3 is 10.2 Å². The van der Waals surface area contributed by atoms with E-state index in [9.17, 15) is 14.4 Å². The number of amides is 5. The van der Waals surface area contributed by atoms with Crippen LogP contribution in [-0.2, 0) is 4.79 Å². The summed E-state index contributed by atoms with van der Waals surface area (Å²) in [6.45, 7) is 2.86. The van der Waals surface area contributed by atoms with Gasteiger partial charge in [0.2, 0.25) is 0 Å². The molecule has 1 spiro atoms. The Bertz CT molecular complexity index is 634. The van der Waals surface area contributed by atoms with Crippen LogP contribution in [0.2, 0.25) is 0 Å². The third-order valence-corrected chi connectivity index (χ3v) is 5.16. The molecule has 2 saturated heterocycles. The highest BCUT2D eigenvalue weighted by Gasteiger charge is 2.51. The molecule has 7 nitrogen and oxygen atoms in total. The van der Waals surface area contributed by atoms with Crippen molar-refractivity contribution in [2.75, 3.05) is 25.5 Å². The van der Waals surface area contributed by atoms with Crippen molar-refractivity contribution in [2.24, 2.45) is 0 Å². The molecule has 2 aliphatic heterocycles. The smallest absolute Gasteiger partial charge is 0.324 e. The number of carbonyl (C=O) groups is 3. The second-order valence-corrected chi connectivity index (χ2v) is 6.99. The number of likely N-dealkylation sites (tertiary alicyclic amines) is 1. The highest BCUT2D eigenvalue weighted by molar-refractivity contribution is 7.16. The number of nitrogens with one attached hydrogen (secondary N) is 2. The topological polar surface area (TPSA) is 81.8 Å². The van der Waals surface area contributed by atoms with Gasteiger partial charge in [-0.25, -0.2) is 9.59 Å². The molecule has 0 atom stereocenters. The van der Waals surface area contributed by atoms with Crippen LogP contribution in [-0.4, -0.2) is 53.4 Å². The zero-order valence-corrected chi connectivity index (χ0v) is 13.3. The lowest BCUT2D eigenvalue weighted by molar-refractivity contribution is -0.131. The highest BCUT2D eigenvalue weighted by Crippen LogP contribution is 2.29. The first-order valence-corrected chi connectivity index (χ1v) is 7.96. The Morgan fingerprint density at radius 1 is 1.32 bits per heavy atom. The summed E-state index contributed by atoms with van der Waals surface area (Å²) in [5.74, 6) is -0.202. The summed E-state index contributed by atoms with van der Waals surface area (Å²) in [7, 11) is 1.48. The zero-order chi connectivity index (χ0) is 15.9. The molecule has 1 aromatic rings. The quantitative estimate of drug-likeness (QED) is 0.771. The van der Waals surface area contributed by atoms with E-state index in [1.807, 2.05) is 19.1 Å². The minimum Gasteiger partial charge on any atom is -0.324 e. The molecule has 8 heteroatoms. The fraction of sp³-hybridized carbons (Fsp3) is 0.500. The van der Waals surface area contributed by atoms with Gasteiger partial charge in [0.05, 0.1) is 5.00 Å². The first-order chi connectivity index (χ1) is 10.4. The van der Waals surface area contributed by atoms with Crippen LogP contribution in [0.4, 0.5) is 14.6 Å². The molecule has 2 fully saturated rings. The molecule has 2 N–H and O–H groups in total. The number of carbonyl (C=O) groups excluding carboxylic acids is 3. The number of hydrogen-bond donors (Lipinski definition) is 2. The van der Waals surface area contributed by atoms with Gasteiger partial charge in [-0.3, -0.25) is 15.0 Å². The van der Waals surface area contributed by atoms with E-state index in [1.165, 1.54) is 18.4 Å². The van der Waals surface area contributed by atoms with Crippen LogP contribution < -0.4 is 10.6 Å². The standard InChI is InChI=1S/C14H18N4O3S/c1-9-3-4-10(22-9)15-12(20)18-7-5-14(6-8-18)11(19)17(2)13(21)16-14/h3-4H,5-8H2,1-2H3,(H,15,20)(H,16,21). The van der Waals surface area contributed by atoms with Crippen molar-refractivity contribution in [2.45, 2.75) is 25.3 Å². The molecule has 3 heterocycles. The van der Waals surface area contributed by atoms with Crippen LogP contribution in [0, 0.1) is 6.92 Å². The third kappa shape index (κ3) is 2.43. The van der Waals surface area contributed by atoms with E-state index in [2.05, 4.69) is 10.6 Å². The molecular weight excluding hydrogens is 304 g/mol. The average molecular weight is 322 g/mol. The average Bonchev–Trinajstić information content (AvgIpc) is 2.98. The fourth-order valence-electron chi connectivity index (χ4n) is 2.87. The molecule has 22 heavy (non-hydrogen) atoms. The number of aryl methyl sites for hydroxylation is 1. The second kappa shape index (κ2) is 5.28. The van der Waals surface area contributed by atoms with E-state index in [-0.39, 0.29) is 18.0 Å². The molecule has 2 aliphatic rings.